The Hall–Kier alpha value is -0.880. The van der Waals surface area contributed by atoms with E-state index in [1.54, 1.807) is 12.2 Å². The van der Waals surface area contributed by atoms with E-state index in [4.69, 9.17) is 0 Å². The van der Waals surface area contributed by atoms with Crippen molar-refractivity contribution in [3.63, 3.8) is 0 Å². The highest BCUT2D eigenvalue weighted by molar-refractivity contribution is 9.12. The molecule has 0 aliphatic rings. The Morgan fingerprint density at radius 1 is 0.875 bits per heavy atom. The number of halogens is 2. The summed E-state index contributed by atoms with van der Waals surface area (Å²) < 4.78 is 9.49. The minimum Gasteiger partial charge on any atom is -0.465 e. The van der Waals surface area contributed by atoms with Gasteiger partial charge >= 0.3 is 11.9 Å². The predicted octanol–water partition coefficient (Wildman–Crippen LogP) is 2.45. The first-order valence-electron chi connectivity index (χ1n) is 4.09. The Morgan fingerprint density at radius 2 is 1.19 bits per heavy atom. The molecule has 0 N–H and O–H groups in total. The van der Waals surface area contributed by atoms with Crippen molar-refractivity contribution in [1.82, 2.24) is 0 Å². The lowest BCUT2D eigenvalue weighted by Gasteiger charge is -1.94. The molecule has 0 bridgehead atoms. The fraction of sp³-hybridized carbons (Fsp3) is 0.200. The van der Waals surface area contributed by atoms with Gasteiger partial charge in [0.15, 0.2) is 0 Å². The first kappa shape index (κ1) is 15.1. The van der Waals surface area contributed by atoms with E-state index in [0.29, 0.717) is 0 Å². The summed E-state index contributed by atoms with van der Waals surface area (Å²) in [5, 5.41) is 0. The van der Waals surface area contributed by atoms with Crippen LogP contribution in [0, 0.1) is 0 Å². The van der Waals surface area contributed by atoms with E-state index in [-0.39, 0.29) is 8.96 Å². The van der Waals surface area contributed by atoms with Gasteiger partial charge in [0.2, 0.25) is 0 Å². The van der Waals surface area contributed by atoms with E-state index < -0.39 is 11.9 Å². The van der Waals surface area contributed by atoms with Crippen LogP contribution in [0.4, 0.5) is 0 Å². The zero-order chi connectivity index (χ0) is 12.6. The van der Waals surface area contributed by atoms with Gasteiger partial charge in [0.1, 0.15) is 8.96 Å². The monoisotopic (exact) mass is 352 g/mol. The Balaban J connectivity index is 4.42. The molecule has 0 rings (SSSR count). The number of ether oxygens (including phenoxy) is 2. The van der Waals surface area contributed by atoms with Crippen molar-refractivity contribution in [3.8, 4) is 0 Å². The number of hydrogen-bond acceptors (Lipinski definition) is 4. The summed E-state index contributed by atoms with van der Waals surface area (Å²) in [6, 6.07) is 0. The van der Waals surface area contributed by atoms with Gasteiger partial charge in [-0.25, -0.2) is 9.59 Å². The Kier molecular flexibility index (Phi) is 7.84. The van der Waals surface area contributed by atoms with Crippen molar-refractivity contribution in [2.75, 3.05) is 14.2 Å². The molecule has 0 aromatic carbocycles. The average Bonchev–Trinajstić information content (AvgIpc) is 2.31. The minimum absolute atomic E-state index is 0.286. The highest BCUT2D eigenvalue weighted by Gasteiger charge is 2.03. The molecule has 88 valence electrons. The van der Waals surface area contributed by atoms with Crippen molar-refractivity contribution in [2.24, 2.45) is 0 Å². The van der Waals surface area contributed by atoms with E-state index in [1.807, 2.05) is 0 Å². The molecule has 0 aliphatic heterocycles. The lowest BCUT2D eigenvalue weighted by Crippen LogP contribution is -1.98. The van der Waals surface area contributed by atoms with E-state index in [2.05, 4.69) is 41.3 Å². The molecule has 0 saturated carbocycles. The fourth-order valence-electron chi connectivity index (χ4n) is 0.611. The molecule has 0 fully saturated rings. The van der Waals surface area contributed by atoms with Crippen LogP contribution >= 0.6 is 31.9 Å². The molecular weight excluding hydrogens is 344 g/mol. The van der Waals surface area contributed by atoms with Gasteiger partial charge in [-0.05, 0) is 44.0 Å². The van der Waals surface area contributed by atoms with Crippen molar-refractivity contribution >= 4 is 43.8 Å². The zero-order valence-corrected chi connectivity index (χ0v) is 11.9. The molecule has 0 atom stereocenters. The van der Waals surface area contributed by atoms with Crippen LogP contribution in [0.5, 0.6) is 0 Å². The molecule has 0 spiro atoms. The van der Waals surface area contributed by atoms with Crippen LogP contribution in [0.2, 0.25) is 0 Å². The number of rotatable bonds is 4. The fourth-order valence-corrected chi connectivity index (χ4v) is 1.24. The zero-order valence-electron chi connectivity index (χ0n) is 8.70. The lowest BCUT2D eigenvalue weighted by atomic mass is 10.4. The van der Waals surface area contributed by atoms with Gasteiger partial charge in [0, 0.05) is 0 Å². The molecule has 16 heavy (non-hydrogen) atoms. The summed E-state index contributed by atoms with van der Waals surface area (Å²) in [6.07, 6.45) is 6.15. The van der Waals surface area contributed by atoms with Gasteiger partial charge in [-0.15, -0.1) is 0 Å². The van der Waals surface area contributed by atoms with Gasteiger partial charge in [-0.1, -0.05) is 12.2 Å². The van der Waals surface area contributed by atoms with Crippen LogP contribution in [0.1, 0.15) is 0 Å². The third-order valence-electron chi connectivity index (χ3n) is 1.36. The minimum atomic E-state index is -0.472. The number of methoxy groups -OCH3 is 2. The van der Waals surface area contributed by atoms with Crippen molar-refractivity contribution in [1.29, 1.82) is 0 Å². The third kappa shape index (κ3) is 5.87. The molecule has 0 aromatic rings. The SMILES string of the molecule is COC(=O)/C(Br)=C/C=C/C=C(\Br)C(=O)OC. The van der Waals surface area contributed by atoms with Crippen LogP contribution in [0.15, 0.2) is 33.3 Å². The molecule has 0 aromatic heterocycles. The van der Waals surface area contributed by atoms with Crippen molar-refractivity contribution in [3.05, 3.63) is 33.3 Å². The smallest absolute Gasteiger partial charge is 0.344 e. The Bertz CT molecular complexity index is 322. The summed E-state index contributed by atoms with van der Waals surface area (Å²) in [6.45, 7) is 0. The standard InChI is InChI=1S/C10H10Br2O4/c1-15-9(13)7(11)5-3-4-6-8(12)10(14)16-2/h3-6H,1-2H3/b4-3+,7-5-,8-6-. The predicted molar refractivity (Wildman–Crippen MR) is 67.2 cm³/mol. The second-order valence-corrected chi connectivity index (χ2v) is 4.11. The maximum Gasteiger partial charge on any atom is 0.344 e. The van der Waals surface area contributed by atoms with Gasteiger partial charge in [-0.2, -0.15) is 0 Å². The Morgan fingerprint density at radius 3 is 1.44 bits per heavy atom. The topological polar surface area (TPSA) is 52.6 Å². The van der Waals surface area contributed by atoms with Crippen molar-refractivity contribution < 1.29 is 19.1 Å². The molecule has 0 aliphatic carbocycles. The largest absolute Gasteiger partial charge is 0.465 e. The average molecular weight is 354 g/mol. The maximum atomic E-state index is 10.9. The van der Waals surface area contributed by atoms with E-state index >= 15 is 0 Å². The molecule has 6 heteroatoms. The summed E-state index contributed by atoms with van der Waals surface area (Å²) in [5.74, 6) is -0.943. The summed E-state index contributed by atoms with van der Waals surface area (Å²) in [5.41, 5.74) is 0. The second kappa shape index (κ2) is 8.29. The molecular formula is C10H10Br2O4. The number of carbonyl (C=O) groups excluding carboxylic acids is 2. The van der Waals surface area contributed by atoms with Gasteiger partial charge in [0.25, 0.3) is 0 Å². The normalized spacial score (nSPS) is 12.8. The molecule has 4 nitrogen and oxygen atoms in total. The molecule has 0 saturated heterocycles. The second-order valence-electron chi connectivity index (χ2n) is 2.40. The Labute approximate surface area is 110 Å². The van der Waals surface area contributed by atoms with E-state index in [0.717, 1.165) is 0 Å². The number of allylic oxidation sites excluding steroid dienone is 4. The van der Waals surface area contributed by atoms with Gasteiger partial charge in [-0.3, -0.25) is 0 Å². The molecule has 0 radical (unpaired) electrons. The van der Waals surface area contributed by atoms with Crippen LogP contribution < -0.4 is 0 Å². The van der Waals surface area contributed by atoms with Crippen LogP contribution in [0.3, 0.4) is 0 Å². The molecule has 0 heterocycles. The molecule has 0 amide bonds. The maximum absolute atomic E-state index is 10.9. The molecule has 0 unspecified atom stereocenters. The van der Waals surface area contributed by atoms with E-state index in [1.165, 1.54) is 26.4 Å². The van der Waals surface area contributed by atoms with Crippen LogP contribution in [-0.2, 0) is 19.1 Å². The summed E-state index contributed by atoms with van der Waals surface area (Å²) >= 11 is 6.05. The lowest BCUT2D eigenvalue weighted by molar-refractivity contribution is -0.136. The quantitative estimate of drug-likeness (QED) is 0.442. The number of esters is 2. The van der Waals surface area contributed by atoms with E-state index in [9.17, 15) is 9.59 Å². The highest BCUT2D eigenvalue weighted by Crippen LogP contribution is 2.08. The van der Waals surface area contributed by atoms with Gasteiger partial charge < -0.3 is 9.47 Å². The first-order valence-corrected chi connectivity index (χ1v) is 5.67. The summed E-state index contributed by atoms with van der Waals surface area (Å²) in [7, 11) is 2.57. The number of hydrogen-bond donors (Lipinski definition) is 0. The van der Waals surface area contributed by atoms with Crippen molar-refractivity contribution in [2.45, 2.75) is 0 Å². The number of carbonyl (C=O) groups is 2. The van der Waals surface area contributed by atoms with Crippen LogP contribution in [-0.4, -0.2) is 26.2 Å². The van der Waals surface area contributed by atoms with Gasteiger partial charge in [0.05, 0.1) is 14.2 Å². The van der Waals surface area contributed by atoms with Crippen LogP contribution in [0.25, 0.3) is 0 Å². The highest BCUT2D eigenvalue weighted by atomic mass is 79.9. The third-order valence-corrected chi connectivity index (χ3v) is 2.53. The first-order chi connectivity index (χ1) is 7.52. The summed E-state index contributed by atoms with van der Waals surface area (Å²) in [4.78, 5) is 21.8.